The van der Waals surface area contributed by atoms with Crippen LogP contribution >= 0.6 is 11.6 Å². The molecule has 1 aromatic carbocycles. The van der Waals surface area contributed by atoms with E-state index < -0.39 is 0 Å². The van der Waals surface area contributed by atoms with Crippen molar-refractivity contribution in [3.8, 4) is 0 Å². The van der Waals surface area contributed by atoms with Gasteiger partial charge in [-0.15, -0.1) is 0 Å². The van der Waals surface area contributed by atoms with Gasteiger partial charge in [-0.05, 0) is 43.0 Å². The van der Waals surface area contributed by atoms with Crippen LogP contribution in [0.15, 0.2) is 24.3 Å². The molecule has 1 heterocycles. The lowest BCUT2D eigenvalue weighted by Crippen LogP contribution is -2.20. The van der Waals surface area contributed by atoms with E-state index in [1.54, 1.807) is 29.8 Å². The average molecular weight is 364 g/mol. The molecule has 134 valence electrons. The van der Waals surface area contributed by atoms with Crippen molar-refractivity contribution in [2.75, 3.05) is 0 Å². The Kier molecular flexibility index (Phi) is 6.37. The molecule has 0 aliphatic rings. The van der Waals surface area contributed by atoms with Crippen molar-refractivity contribution in [3.63, 3.8) is 0 Å². The van der Waals surface area contributed by atoms with Gasteiger partial charge in [0.2, 0.25) is 5.91 Å². The van der Waals surface area contributed by atoms with Gasteiger partial charge in [-0.25, -0.2) is 4.39 Å². The predicted octanol–water partition coefficient (Wildman–Crippen LogP) is 4.28. The summed E-state index contributed by atoms with van der Waals surface area (Å²) in [7, 11) is 0. The second-order valence-electron chi connectivity index (χ2n) is 6.50. The van der Waals surface area contributed by atoms with E-state index in [0.717, 1.165) is 23.4 Å². The van der Waals surface area contributed by atoms with Gasteiger partial charge in [0.05, 0.1) is 5.69 Å². The fourth-order valence-corrected chi connectivity index (χ4v) is 2.75. The second-order valence-corrected chi connectivity index (χ2v) is 6.86. The SMILES string of the molecule is Cc1cc(CNC(=O)/C=C/c2c(C)nn(CC(C)C)c2Cl)ccc1F. The highest BCUT2D eigenvalue weighted by molar-refractivity contribution is 6.31. The number of aromatic nitrogens is 2. The highest BCUT2D eigenvalue weighted by Crippen LogP contribution is 2.22. The minimum Gasteiger partial charge on any atom is -0.348 e. The maximum Gasteiger partial charge on any atom is 0.244 e. The van der Waals surface area contributed by atoms with E-state index >= 15 is 0 Å². The Balaban J connectivity index is 2.00. The van der Waals surface area contributed by atoms with Crippen molar-refractivity contribution in [1.29, 1.82) is 0 Å². The minimum absolute atomic E-state index is 0.242. The number of nitrogens with one attached hydrogen (secondary N) is 1. The van der Waals surface area contributed by atoms with Crippen molar-refractivity contribution in [2.45, 2.75) is 40.8 Å². The molecular formula is C19H23ClFN3O. The molecule has 0 spiro atoms. The van der Waals surface area contributed by atoms with Crippen LogP contribution in [0.5, 0.6) is 0 Å². The van der Waals surface area contributed by atoms with E-state index in [0.29, 0.717) is 23.2 Å². The Labute approximate surface area is 152 Å². The third-order valence-electron chi connectivity index (χ3n) is 3.74. The molecule has 0 saturated carbocycles. The summed E-state index contributed by atoms with van der Waals surface area (Å²) in [6.45, 7) is 8.80. The largest absolute Gasteiger partial charge is 0.348 e. The quantitative estimate of drug-likeness (QED) is 0.779. The number of amides is 1. The standard InChI is InChI=1S/C19H23ClFN3O/c1-12(2)11-24-19(20)16(14(4)23-24)6-8-18(25)22-10-15-5-7-17(21)13(3)9-15/h5-9,12H,10-11H2,1-4H3,(H,22,25)/b8-6+. The number of nitrogens with zero attached hydrogens (tertiary/aromatic N) is 2. The Bertz CT molecular complexity index is 796. The third kappa shape index (κ3) is 5.16. The first-order chi connectivity index (χ1) is 11.8. The molecule has 2 aromatic rings. The average Bonchev–Trinajstić information content (AvgIpc) is 2.80. The fourth-order valence-electron chi connectivity index (χ4n) is 2.45. The van der Waals surface area contributed by atoms with Gasteiger partial charge in [0.1, 0.15) is 11.0 Å². The lowest BCUT2D eigenvalue weighted by molar-refractivity contribution is -0.116. The summed E-state index contributed by atoms with van der Waals surface area (Å²) in [5, 5.41) is 7.71. The van der Waals surface area contributed by atoms with Gasteiger partial charge in [0, 0.05) is 24.7 Å². The Hall–Kier alpha value is -2.14. The number of carbonyl (C=O) groups excluding carboxylic acids is 1. The zero-order valence-electron chi connectivity index (χ0n) is 14.9. The molecular weight excluding hydrogens is 341 g/mol. The van der Waals surface area contributed by atoms with Crippen LogP contribution in [0, 0.1) is 25.6 Å². The first kappa shape index (κ1) is 19.2. The molecule has 0 unspecified atom stereocenters. The molecule has 6 heteroatoms. The molecule has 0 saturated heterocycles. The molecule has 0 aliphatic heterocycles. The Morgan fingerprint density at radius 2 is 2.12 bits per heavy atom. The number of benzene rings is 1. The smallest absolute Gasteiger partial charge is 0.244 e. The number of hydrogen-bond acceptors (Lipinski definition) is 2. The molecule has 1 N–H and O–H groups in total. The normalized spacial score (nSPS) is 11.5. The number of halogens is 2. The van der Waals surface area contributed by atoms with Gasteiger partial charge in [-0.3, -0.25) is 9.48 Å². The molecule has 0 atom stereocenters. The van der Waals surface area contributed by atoms with Gasteiger partial charge in [0.15, 0.2) is 0 Å². The van der Waals surface area contributed by atoms with Gasteiger partial charge >= 0.3 is 0 Å². The molecule has 1 amide bonds. The summed E-state index contributed by atoms with van der Waals surface area (Å²) in [5.41, 5.74) is 2.93. The van der Waals surface area contributed by atoms with Crippen molar-refractivity contribution >= 4 is 23.6 Å². The second kappa shape index (κ2) is 8.30. The summed E-state index contributed by atoms with van der Waals surface area (Å²) >= 11 is 6.34. The van der Waals surface area contributed by atoms with Crippen LogP contribution < -0.4 is 5.32 Å². The van der Waals surface area contributed by atoms with E-state index in [4.69, 9.17) is 11.6 Å². The summed E-state index contributed by atoms with van der Waals surface area (Å²) in [6, 6.07) is 4.78. The zero-order valence-corrected chi connectivity index (χ0v) is 15.7. The molecule has 0 radical (unpaired) electrons. The van der Waals surface area contributed by atoms with Crippen LogP contribution in [0.25, 0.3) is 6.08 Å². The van der Waals surface area contributed by atoms with Gasteiger partial charge in [-0.2, -0.15) is 5.10 Å². The zero-order chi connectivity index (χ0) is 18.6. The summed E-state index contributed by atoms with van der Waals surface area (Å²) < 4.78 is 15.0. The van der Waals surface area contributed by atoms with E-state index in [1.807, 2.05) is 6.92 Å². The molecule has 2 rings (SSSR count). The van der Waals surface area contributed by atoms with Crippen LogP contribution in [0.4, 0.5) is 4.39 Å². The maximum atomic E-state index is 13.2. The number of hydrogen-bond donors (Lipinski definition) is 1. The maximum absolute atomic E-state index is 13.2. The van der Waals surface area contributed by atoms with Gasteiger partial charge < -0.3 is 5.32 Å². The number of rotatable bonds is 6. The molecule has 4 nitrogen and oxygen atoms in total. The first-order valence-electron chi connectivity index (χ1n) is 8.21. The predicted molar refractivity (Wildman–Crippen MR) is 98.8 cm³/mol. The number of aryl methyl sites for hydroxylation is 2. The van der Waals surface area contributed by atoms with Crippen LogP contribution in [0.1, 0.15) is 36.2 Å². The van der Waals surface area contributed by atoms with Gasteiger partial charge in [0.25, 0.3) is 0 Å². The van der Waals surface area contributed by atoms with E-state index in [9.17, 15) is 9.18 Å². The molecule has 0 fully saturated rings. The third-order valence-corrected chi connectivity index (χ3v) is 4.14. The monoisotopic (exact) mass is 363 g/mol. The summed E-state index contributed by atoms with van der Waals surface area (Å²) in [4.78, 5) is 12.0. The highest BCUT2D eigenvalue weighted by Gasteiger charge is 2.12. The summed E-state index contributed by atoms with van der Waals surface area (Å²) in [6.07, 6.45) is 3.11. The first-order valence-corrected chi connectivity index (χ1v) is 8.59. The Morgan fingerprint density at radius 1 is 1.40 bits per heavy atom. The van der Waals surface area contributed by atoms with E-state index in [1.165, 1.54) is 12.1 Å². The van der Waals surface area contributed by atoms with E-state index in [2.05, 4.69) is 24.3 Å². The van der Waals surface area contributed by atoms with Crippen molar-refractivity contribution in [2.24, 2.45) is 5.92 Å². The highest BCUT2D eigenvalue weighted by atomic mass is 35.5. The Morgan fingerprint density at radius 3 is 2.76 bits per heavy atom. The molecule has 1 aromatic heterocycles. The summed E-state index contributed by atoms with van der Waals surface area (Å²) in [5.74, 6) is -0.0661. The van der Waals surface area contributed by atoms with Crippen molar-refractivity contribution < 1.29 is 9.18 Å². The van der Waals surface area contributed by atoms with Gasteiger partial charge in [-0.1, -0.05) is 37.6 Å². The lowest BCUT2D eigenvalue weighted by Gasteiger charge is -2.05. The number of carbonyl (C=O) groups is 1. The molecule has 25 heavy (non-hydrogen) atoms. The lowest BCUT2D eigenvalue weighted by atomic mass is 10.1. The van der Waals surface area contributed by atoms with Crippen molar-refractivity contribution in [1.82, 2.24) is 15.1 Å². The van der Waals surface area contributed by atoms with Crippen LogP contribution in [-0.4, -0.2) is 15.7 Å². The fraction of sp³-hybridized carbons (Fsp3) is 0.368. The molecule has 0 bridgehead atoms. The van der Waals surface area contributed by atoms with Crippen LogP contribution in [0.2, 0.25) is 5.15 Å². The topological polar surface area (TPSA) is 46.9 Å². The van der Waals surface area contributed by atoms with Crippen LogP contribution in [-0.2, 0) is 17.9 Å². The van der Waals surface area contributed by atoms with Crippen LogP contribution in [0.3, 0.4) is 0 Å². The van der Waals surface area contributed by atoms with E-state index in [-0.39, 0.29) is 11.7 Å². The minimum atomic E-state index is -0.251. The van der Waals surface area contributed by atoms with Crippen molar-refractivity contribution in [3.05, 3.63) is 57.6 Å². The molecule has 0 aliphatic carbocycles.